The number of fused-ring (bicyclic) bond motifs is 1. The van der Waals surface area contributed by atoms with Crippen molar-refractivity contribution in [2.24, 2.45) is 5.92 Å². The maximum absolute atomic E-state index is 13.3. The number of carbonyl (C=O) groups is 5. The summed E-state index contributed by atoms with van der Waals surface area (Å²) in [6, 6.07) is 10.5. The Morgan fingerprint density at radius 3 is 2.24 bits per heavy atom. The van der Waals surface area contributed by atoms with Crippen molar-refractivity contribution in [2.45, 2.75) is 44.7 Å². The van der Waals surface area contributed by atoms with Crippen LogP contribution in [0.3, 0.4) is 0 Å². The standard InChI is InChI=1S/C30H32FN5O5/c31-21-4-2-19(3-5-21)17-34-12-1-13-35(30(34)41)18-20-10-14-33(15-11-20)22-6-7-23-24(16-22)29(40)36(28(23)39)25-8-9-26(37)32-27(25)38/h2-7,16,20,25H,1,8-15,17-18H2,(H,32,37,38). The van der Waals surface area contributed by atoms with Gasteiger partial charge in [0.1, 0.15) is 11.9 Å². The lowest BCUT2D eigenvalue weighted by Gasteiger charge is -2.40. The van der Waals surface area contributed by atoms with E-state index in [0.717, 1.165) is 55.0 Å². The highest BCUT2D eigenvalue weighted by molar-refractivity contribution is 6.23. The van der Waals surface area contributed by atoms with E-state index < -0.39 is 29.7 Å². The molecule has 0 aromatic heterocycles. The molecule has 10 nitrogen and oxygen atoms in total. The summed E-state index contributed by atoms with van der Waals surface area (Å²) >= 11 is 0. The molecule has 1 unspecified atom stereocenters. The van der Waals surface area contributed by atoms with Gasteiger partial charge in [-0.15, -0.1) is 0 Å². The van der Waals surface area contributed by atoms with Gasteiger partial charge in [0.2, 0.25) is 11.8 Å². The Labute approximate surface area is 237 Å². The lowest BCUT2D eigenvalue weighted by Crippen LogP contribution is -2.54. The topological polar surface area (TPSA) is 110 Å². The smallest absolute Gasteiger partial charge is 0.320 e. The lowest BCUT2D eigenvalue weighted by atomic mass is 9.95. The van der Waals surface area contributed by atoms with E-state index in [4.69, 9.17) is 0 Å². The van der Waals surface area contributed by atoms with Gasteiger partial charge in [0.25, 0.3) is 11.8 Å². The number of rotatable bonds is 6. The van der Waals surface area contributed by atoms with E-state index in [0.29, 0.717) is 25.6 Å². The fourth-order valence-corrected chi connectivity index (χ4v) is 6.31. The maximum Gasteiger partial charge on any atom is 0.320 e. The van der Waals surface area contributed by atoms with Crippen molar-refractivity contribution in [1.82, 2.24) is 20.0 Å². The van der Waals surface area contributed by atoms with Gasteiger partial charge in [-0.05, 0) is 67.5 Å². The van der Waals surface area contributed by atoms with E-state index in [2.05, 4.69) is 10.2 Å². The molecule has 1 N–H and O–H groups in total. The summed E-state index contributed by atoms with van der Waals surface area (Å²) in [6.45, 7) is 4.07. The van der Waals surface area contributed by atoms with Crippen LogP contribution in [0.4, 0.5) is 14.9 Å². The Bertz CT molecular complexity index is 1400. The molecule has 2 aromatic carbocycles. The third-order valence-electron chi connectivity index (χ3n) is 8.57. The molecule has 0 saturated carbocycles. The molecular formula is C30H32FN5O5. The number of hydrogen-bond acceptors (Lipinski definition) is 6. The van der Waals surface area contributed by atoms with Gasteiger partial charge >= 0.3 is 6.03 Å². The van der Waals surface area contributed by atoms with Gasteiger partial charge in [0.05, 0.1) is 11.1 Å². The van der Waals surface area contributed by atoms with Crippen molar-refractivity contribution in [3.63, 3.8) is 0 Å². The van der Waals surface area contributed by atoms with Crippen molar-refractivity contribution in [3.8, 4) is 0 Å². The van der Waals surface area contributed by atoms with E-state index in [1.54, 1.807) is 24.3 Å². The van der Waals surface area contributed by atoms with Gasteiger partial charge < -0.3 is 14.7 Å². The summed E-state index contributed by atoms with van der Waals surface area (Å²) in [5.74, 6) is -1.98. The van der Waals surface area contributed by atoms with Crippen LogP contribution in [0.2, 0.25) is 0 Å². The molecule has 3 saturated heterocycles. The fraction of sp³-hybridized carbons (Fsp3) is 0.433. The number of anilines is 1. The maximum atomic E-state index is 13.3. The van der Waals surface area contributed by atoms with Crippen molar-refractivity contribution >= 4 is 35.3 Å². The van der Waals surface area contributed by atoms with Crippen LogP contribution in [0.5, 0.6) is 0 Å². The molecule has 0 radical (unpaired) electrons. The number of benzene rings is 2. The zero-order valence-corrected chi connectivity index (χ0v) is 22.7. The van der Waals surface area contributed by atoms with E-state index >= 15 is 0 Å². The quantitative estimate of drug-likeness (QED) is 0.544. The van der Waals surface area contributed by atoms with Crippen molar-refractivity contribution in [1.29, 1.82) is 0 Å². The van der Waals surface area contributed by atoms with Crippen LogP contribution in [-0.4, -0.2) is 83.1 Å². The van der Waals surface area contributed by atoms with Crippen molar-refractivity contribution in [2.75, 3.05) is 37.6 Å². The van der Waals surface area contributed by atoms with E-state index in [1.807, 2.05) is 15.9 Å². The van der Waals surface area contributed by atoms with Gasteiger partial charge in [-0.1, -0.05) is 12.1 Å². The molecule has 0 bridgehead atoms. The van der Waals surface area contributed by atoms with Gasteiger partial charge in [0.15, 0.2) is 0 Å². The molecule has 1 atom stereocenters. The number of imide groups is 2. The van der Waals surface area contributed by atoms with E-state index in [1.165, 1.54) is 12.1 Å². The van der Waals surface area contributed by atoms with E-state index in [-0.39, 0.29) is 35.8 Å². The Morgan fingerprint density at radius 2 is 1.51 bits per heavy atom. The normalized spacial score (nSPS) is 22.0. The third kappa shape index (κ3) is 5.28. The van der Waals surface area contributed by atoms with Crippen LogP contribution >= 0.6 is 0 Å². The highest BCUT2D eigenvalue weighted by Crippen LogP contribution is 2.32. The molecule has 3 fully saturated rings. The summed E-state index contributed by atoms with van der Waals surface area (Å²) in [5.41, 5.74) is 2.30. The lowest BCUT2D eigenvalue weighted by molar-refractivity contribution is -0.136. The average molecular weight is 562 g/mol. The monoisotopic (exact) mass is 561 g/mol. The van der Waals surface area contributed by atoms with Crippen LogP contribution in [0.1, 0.15) is 58.4 Å². The molecular weight excluding hydrogens is 529 g/mol. The number of nitrogens with one attached hydrogen (secondary N) is 1. The molecule has 11 heteroatoms. The number of piperidine rings is 2. The van der Waals surface area contributed by atoms with Crippen LogP contribution in [-0.2, 0) is 16.1 Å². The summed E-state index contributed by atoms with van der Waals surface area (Å²) in [4.78, 5) is 70.1. The molecule has 41 heavy (non-hydrogen) atoms. The first-order valence-electron chi connectivity index (χ1n) is 14.2. The highest BCUT2D eigenvalue weighted by atomic mass is 19.1. The van der Waals surface area contributed by atoms with Gasteiger partial charge in [0, 0.05) is 51.4 Å². The van der Waals surface area contributed by atoms with Gasteiger partial charge in [-0.25, -0.2) is 9.18 Å². The molecule has 0 aliphatic carbocycles. The number of carbonyl (C=O) groups excluding carboxylic acids is 5. The molecule has 6 rings (SSSR count). The Balaban J connectivity index is 1.05. The number of urea groups is 1. The first-order valence-corrected chi connectivity index (χ1v) is 14.2. The minimum Gasteiger partial charge on any atom is -0.371 e. The molecule has 4 aliphatic heterocycles. The van der Waals surface area contributed by atoms with Crippen molar-refractivity contribution < 1.29 is 28.4 Å². The molecule has 214 valence electrons. The van der Waals surface area contributed by atoms with Crippen LogP contribution in [0.15, 0.2) is 42.5 Å². The summed E-state index contributed by atoms with van der Waals surface area (Å²) in [6.07, 6.45) is 2.87. The van der Waals surface area contributed by atoms with Gasteiger partial charge in [-0.2, -0.15) is 0 Å². The van der Waals surface area contributed by atoms with Crippen molar-refractivity contribution in [3.05, 3.63) is 65.0 Å². The Kier molecular flexibility index (Phi) is 7.19. The second-order valence-corrected chi connectivity index (χ2v) is 11.2. The van der Waals surface area contributed by atoms with Crippen LogP contribution < -0.4 is 10.2 Å². The second kappa shape index (κ2) is 10.9. The zero-order chi connectivity index (χ0) is 28.7. The summed E-state index contributed by atoms with van der Waals surface area (Å²) in [5, 5.41) is 2.22. The largest absolute Gasteiger partial charge is 0.371 e. The fourth-order valence-electron chi connectivity index (χ4n) is 6.31. The SMILES string of the molecule is O=C1CCC(N2C(=O)c3ccc(N4CCC(CN5CCCN(Cc6ccc(F)cc6)C5=O)CC4)cc3C2=O)C(=O)N1. The predicted octanol–water partition coefficient (Wildman–Crippen LogP) is 2.77. The van der Waals surface area contributed by atoms with E-state index in [9.17, 15) is 28.4 Å². The number of hydrogen-bond donors (Lipinski definition) is 1. The molecule has 6 amide bonds. The Morgan fingerprint density at radius 1 is 0.805 bits per heavy atom. The summed E-state index contributed by atoms with van der Waals surface area (Å²) in [7, 11) is 0. The minimum absolute atomic E-state index is 0.0189. The second-order valence-electron chi connectivity index (χ2n) is 11.2. The van der Waals surface area contributed by atoms with Crippen LogP contribution in [0, 0.1) is 11.7 Å². The Hall–Kier alpha value is -4.28. The number of amides is 6. The average Bonchev–Trinajstić information content (AvgIpc) is 3.21. The van der Waals surface area contributed by atoms with Gasteiger partial charge in [-0.3, -0.25) is 29.4 Å². The zero-order valence-electron chi connectivity index (χ0n) is 22.7. The minimum atomic E-state index is -0.983. The first-order chi connectivity index (χ1) is 19.8. The number of halogens is 1. The molecule has 2 aromatic rings. The highest BCUT2D eigenvalue weighted by Gasteiger charge is 2.44. The molecule has 4 aliphatic rings. The number of nitrogens with zero attached hydrogens (tertiary/aromatic N) is 4. The first kappa shape index (κ1) is 26.9. The van der Waals surface area contributed by atoms with Crippen LogP contribution in [0.25, 0.3) is 0 Å². The molecule has 0 spiro atoms. The predicted molar refractivity (Wildman–Crippen MR) is 146 cm³/mol. The third-order valence-corrected chi connectivity index (χ3v) is 8.57. The molecule has 4 heterocycles. The summed E-state index contributed by atoms with van der Waals surface area (Å²) < 4.78 is 13.3.